The van der Waals surface area contributed by atoms with Gasteiger partial charge in [-0.05, 0) is 19.1 Å². The summed E-state index contributed by atoms with van der Waals surface area (Å²) in [6.45, 7) is 1.90. The first kappa shape index (κ1) is 14.0. The number of fused-ring (bicyclic) bond motifs is 3. The van der Waals surface area contributed by atoms with E-state index in [9.17, 15) is 0 Å². The van der Waals surface area contributed by atoms with Crippen molar-refractivity contribution in [3.63, 3.8) is 0 Å². The Hall–Kier alpha value is -2.67. The van der Waals surface area contributed by atoms with Gasteiger partial charge in [-0.25, -0.2) is 4.98 Å². The number of aryl methyl sites for hydroxylation is 2. The lowest BCUT2D eigenvalue weighted by atomic mass is 10.2. The maximum atomic E-state index is 6.29. The Balaban J connectivity index is 2.24. The van der Waals surface area contributed by atoms with Gasteiger partial charge >= 0.3 is 0 Å². The second-order valence-electron chi connectivity index (χ2n) is 5.17. The fourth-order valence-corrected chi connectivity index (χ4v) is 3.02. The molecule has 0 saturated heterocycles. The van der Waals surface area contributed by atoms with Crippen LogP contribution in [-0.4, -0.2) is 36.5 Å². The lowest BCUT2D eigenvalue weighted by Gasteiger charge is -2.10. The van der Waals surface area contributed by atoms with Gasteiger partial charge in [0, 0.05) is 7.05 Å². The molecule has 0 spiro atoms. The number of nitrogens with zero attached hydrogens (tertiary/aromatic N) is 6. The van der Waals surface area contributed by atoms with Crippen molar-refractivity contribution in [3.05, 3.63) is 35.1 Å². The molecule has 4 aromatic rings. The largest absolute Gasteiger partial charge is 0.494 e. The van der Waals surface area contributed by atoms with Gasteiger partial charge in [0.15, 0.2) is 11.5 Å². The predicted octanol–water partition coefficient (Wildman–Crippen LogP) is 2.65. The summed E-state index contributed by atoms with van der Waals surface area (Å²) in [4.78, 5) is 4.59. The van der Waals surface area contributed by atoms with Gasteiger partial charge in [0.1, 0.15) is 17.0 Å². The average molecular weight is 329 g/mol. The molecule has 0 aliphatic rings. The molecule has 3 aromatic heterocycles. The highest BCUT2D eigenvalue weighted by molar-refractivity contribution is 6.32. The van der Waals surface area contributed by atoms with Crippen LogP contribution in [0.5, 0.6) is 5.75 Å². The zero-order valence-electron chi connectivity index (χ0n) is 12.8. The molecule has 116 valence electrons. The maximum Gasteiger partial charge on any atom is 0.188 e. The quantitative estimate of drug-likeness (QED) is 0.565. The molecule has 23 heavy (non-hydrogen) atoms. The van der Waals surface area contributed by atoms with Crippen LogP contribution in [0.15, 0.2) is 24.4 Å². The van der Waals surface area contributed by atoms with Crippen molar-refractivity contribution in [1.29, 1.82) is 0 Å². The van der Waals surface area contributed by atoms with Crippen molar-refractivity contribution in [1.82, 2.24) is 29.4 Å². The van der Waals surface area contributed by atoms with Crippen molar-refractivity contribution >= 4 is 28.3 Å². The fraction of sp³-hybridized carbons (Fsp3) is 0.200. The molecule has 7 nitrogen and oxygen atoms in total. The summed E-state index contributed by atoms with van der Waals surface area (Å²) in [6, 6.07) is 5.72. The van der Waals surface area contributed by atoms with E-state index >= 15 is 0 Å². The van der Waals surface area contributed by atoms with E-state index in [1.807, 2.05) is 36.6 Å². The normalized spacial score (nSPS) is 11.5. The molecule has 0 bridgehead atoms. The van der Waals surface area contributed by atoms with Crippen molar-refractivity contribution in [3.8, 4) is 17.3 Å². The highest BCUT2D eigenvalue weighted by Gasteiger charge is 2.21. The van der Waals surface area contributed by atoms with E-state index in [0.29, 0.717) is 27.9 Å². The number of aromatic nitrogens is 6. The molecular formula is C15H13ClN6O. The predicted molar refractivity (Wildman–Crippen MR) is 86.8 cm³/mol. The minimum Gasteiger partial charge on any atom is -0.494 e. The molecule has 0 atom stereocenters. The molecule has 0 N–H and O–H groups in total. The van der Waals surface area contributed by atoms with Crippen LogP contribution in [0.1, 0.15) is 5.69 Å². The number of rotatable bonds is 2. The van der Waals surface area contributed by atoms with E-state index < -0.39 is 0 Å². The molecule has 3 heterocycles. The summed E-state index contributed by atoms with van der Waals surface area (Å²) in [5.41, 5.74) is 3.73. The van der Waals surface area contributed by atoms with E-state index in [4.69, 9.17) is 16.3 Å². The van der Waals surface area contributed by atoms with Gasteiger partial charge in [0.05, 0.1) is 29.5 Å². The molecule has 0 saturated carbocycles. The van der Waals surface area contributed by atoms with Gasteiger partial charge < -0.3 is 4.74 Å². The highest BCUT2D eigenvalue weighted by atomic mass is 35.5. The lowest BCUT2D eigenvalue weighted by Crippen LogP contribution is -2.02. The van der Waals surface area contributed by atoms with Crippen LogP contribution in [0.2, 0.25) is 5.02 Å². The SMILES string of the molecule is COc1cccc2nc(C)c3nnc(-c4c(Cl)cnn4C)n3c12. The van der Waals surface area contributed by atoms with Crippen LogP contribution in [0.3, 0.4) is 0 Å². The molecule has 8 heteroatoms. The van der Waals surface area contributed by atoms with Crippen molar-refractivity contribution in [2.24, 2.45) is 7.05 Å². The van der Waals surface area contributed by atoms with Gasteiger partial charge in [-0.15, -0.1) is 10.2 Å². The van der Waals surface area contributed by atoms with Crippen LogP contribution >= 0.6 is 11.6 Å². The van der Waals surface area contributed by atoms with E-state index in [2.05, 4.69) is 20.3 Å². The second-order valence-corrected chi connectivity index (χ2v) is 5.58. The topological polar surface area (TPSA) is 70.1 Å². The summed E-state index contributed by atoms with van der Waals surface area (Å²) in [7, 11) is 3.44. The molecule has 0 aliphatic carbocycles. The van der Waals surface area contributed by atoms with Gasteiger partial charge in [-0.3, -0.25) is 9.08 Å². The maximum absolute atomic E-state index is 6.29. The second kappa shape index (κ2) is 4.92. The smallest absolute Gasteiger partial charge is 0.188 e. The Bertz CT molecular complexity index is 1030. The Labute approximate surface area is 136 Å². The van der Waals surface area contributed by atoms with Crippen LogP contribution in [0.25, 0.3) is 28.2 Å². The number of hydrogen-bond acceptors (Lipinski definition) is 5. The molecule has 0 amide bonds. The lowest BCUT2D eigenvalue weighted by molar-refractivity contribution is 0.418. The number of hydrogen-bond donors (Lipinski definition) is 0. The van der Waals surface area contributed by atoms with E-state index in [-0.39, 0.29) is 0 Å². The van der Waals surface area contributed by atoms with E-state index in [0.717, 1.165) is 16.7 Å². The van der Waals surface area contributed by atoms with Gasteiger partial charge in [-0.2, -0.15) is 5.10 Å². The zero-order valence-corrected chi connectivity index (χ0v) is 13.5. The Morgan fingerprint density at radius 2 is 2.04 bits per heavy atom. The van der Waals surface area contributed by atoms with Gasteiger partial charge in [0.25, 0.3) is 0 Å². The van der Waals surface area contributed by atoms with Crippen molar-refractivity contribution in [2.45, 2.75) is 6.92 Å². The van der Waals surface area contributed by atoms with Crippen molar-refractivity contribution < 1.29 is 4.74 Å². The first-order valence-electron chi connectivity index (χ1n) is 6.98. The Morgan fingerprint density at radius 1 is 1.22 bits per heavy atom. The zero-order chi connectivity index (χ0) is 16.1. The van der Waals surface area contributed by atoms with Crippen LogP contribution in [-0.2, 0) is 7.05 Å². The summed E-state index contributed by atoms with van der Waals surface area (Å²) < 4.78 is 9.10. The monoisotopic (exact) mass is 328 g/mol. The molecular weight excluding hydrogens is 316 g/mol. The Kier molecular flexibility index (Phi) is 2.99. The minimum atomic E-state index is 0.513. The summed E-state index contributed by atoms with van der Waals surface area (Å²) >= 11 is 6.29. The summed E-state index contributed by atoms with van der Waals surface area (Å²) in [5, 5.41) is 13.3. The molecule has 0 aliphatic heterocycles. The van der Waals surface area contributed by atoms with Crippen LogP contribution in [0, 0.1) is 6.92 Å². The standard InChI is InChI=1S/C15H13ClN6O/c1-8-14-19-20-15(12-9(16)7-17-21(12)2)22(14)13-10(18-8)5-4-6-11(13)23-3/h4-7H,1-3H3. The number of ether oxygens (including phenoxy) is 1. The third kappa shape index (κ3) is 1.90. The number of methoxy groups -OCH3 is 1. The highest BCUT2D eigenvalue weighted by Crippen LogP contribution is 2.32. The summed E-state index contributed by atoms with van der Waals surface area (Å²) in [6.07, 6.45) is 1.59. The molecule has 0 radical (unpaired) electrons. The molecule has 0 unspecified atom stereocenters. The number of halogens is 1. The van der Waals surface area contributed by atoms with E-state index in [1.165, 1.54) is 0 Å². The van der Waals surface area contributed by atoms with Gasteiger partial charge in [0.2, 0.25) is 0 Å². The Morgan fingerprint density at radius 3 is 2.74 bits per heavy atom. The number of benzene rings is 1. The molecule has 0 fully saturated rings. The molecule has 4 rings (SSSR count). The van der Waals surface area contributed by atoms with E-state index in [1.54, 1.807) is 18.0 Å². The minimum absolute atomic E-state index is 0.513. The molecule has 1 aromatic carbocycles. The van der Waals surface area contributed by atoms with Crippen molar-refractivity contribution in [2.75, 3.05) is 7.11 Å². The third-order valence-electron chi connectivity index (χ3n) is 3.80. The fourth-order valence-electron chi connectivity index (χ4n) is 2.77. The third-order valence-corrected chi connectivity index (χ3v) is 4.08. The summed E-state index contributed by atoms with van der Waals surface area (Å²) in [5.74, 6) is 1.30. The average Bonchev–Trinajstić information content (AvgIpc) is 3.10. The first-order chi connectivity index (χ1) is 11.1. The number of para-hydroxylation sites is 1. The first-order valence-corrected chi connectivity index (χ1v) is 7.36. The van der Waals surface area contributed by atoms with Gasteiger partial charge in [-0.1, -0.05) is 17.7 Å². The van der Waals surface area contributed by atoms with Crippen LogP contribution < -0.4 is 4.74 Å². The van der Waals surface area contributed by atoms with Crippen LogP contribution in [0.4, 0.5) is 0 Å².